The van der Waals surface area contributed by atoms with Gasteiger partial charge >= 0.3 is 0 Å². The molecule has 0 bridgehead atoms. The number of nitrogens with zero attached hydrogens (tertiary/aromatic N) is 1. The summed E-state index contributed by atoms with van der Waals surface area (Å²) in [5.74, 6) is 0.0104. The van der Waals surface area contributed by atoms with E-state index < -0.39 is 5.41 Å². The zero-order valence-electron chi connectivity index (χ0n) is 16.4. The maximum Gasteiger partial charge on any atom is 0.269 e. The highest BCUT2D eigenvalue weighted by Gasteiger charge is 2.20. The van der Waals surface area contributed by atoms with E-state index >= 15 is 0 Å². The topological polar surface area (TPSA) is 68.2 Å². The molecule has 7 heteroatoms. The van der Waals surface area contributed by atoms with Crippen LogP contribution in [0.2, 0.25) is 0 Å². The van der Waals surface area contributed by atoms with Crippen LogP contribution in [0.15, 0.2) is 22.3 Å². The number of hydrogen-bond donors (Lipinski definition) is 1. The predicted molar refractivity (Wildman–Crippen MR) is 112 cm³/mol. The SMILES string of the molecule is CC(C)CNC(=O)Cn1c(=O)/c(=C\c2cccs2)s/c1=C\C(=O)C(C)(C)C. The number of ketones is 1. The van der Waals surface area contributed by atoms with Crippen molar-refractivity contribution < 1.29 is 9.59 Å². The predicted octanol–water partition coefficient (Wildman–Crippen LogP) is 1.97. The van der Waals surface area contributed by atoms with Crippen LogP contribution in [0.25, 0.3) is 12.2 Å². The van der Waals surface area contributed by atoms with Crippen molar-refractivity contribution >= 4 is 46.5 Å². The van der Waals surface area contributed by atoms with Gasteiger partial charge in [0.05, 0.1) is 4.53 Å². The molecule has 0 radical (unpaired) electrons. The minimum Gasteiger partial charge on any atom is -0.354 e. The van der Waals surface area contributed by atoms with Crippen molar-refractivity contribution in [3.05, 3.63) is 41.9 Å². The molecule has 0 spiro atoms. The lowest BCUT2D eigenvalue weighted by molar-refractivity contribution is -0.122. The van der Waals surface area contributed by atoms with Crippen LogP contribution in [0.4, 0.5) is 0 Å². The first kappa shape index (κ1) is 21.3. The molecule has 2 heterocycles. The second-order valence-electron chi connectivity index (χ2n) is 7.81. The second kappa shape index (κ2) is 8.80. The molecule has 1 N–H and O–H groups in total. The van der Waals surface area contributed by atoms with Gasteiger partial charge in [0.2, 0.25) is 5.91 Å². The van der Waals surface area contributed by atoms with Gasteiger partial charge in [-0.2, -0.15) is 0 Å². The van der Waals surface area contributed by atoms with E-state index in [0.717, 1.165) is 4.88 Å². The number of thiazole rings is 1. The molecule has 1 amide bonds. The lowest BCUT2D eigenvalue weighted by atomic mass is 9.91. The van der Waals surface area contributed by atoms with E-state index in [0.29, 0.717) is 21.7 Å². The maximum absolute atomic E-state index is 12.9. The van der Waals surface area contributed by atoms with Crippen LogP contribution in [0.3, 0.4) is 0 Å². The van der Waals surface area contributed by atoms with Gasteiger partial charge in [-0.05, 0) is 23.4 Å². The summed E-state index contributed by atoms with van der Waals surface area (Å²) in [6.45, 7) is 9.95. The van der Waals surface area contributed by atoms with Crippen molar-refractivity contribution in [2.24, 2.45) is 11.3 Å². The normalized spacial score (nSPS) is 13.4. The van der Waals surface area contributed by atoms with Crippen molar-refractivity contribution in [3.63, 3.8) is 0 Å². The van der Waals surface area contributed by atoms with Crippen molar-refractivity contribution in [2.75, 3.05) is 6.54 Å². The molecular formula is C20H26N2O3S2. The Labute approximate surface area is 167 Å². The number of rotatable bonds is 6. The average molecular weight is 407 g/mol. The van der Waals surface area contributed by atoms with Crippen LogP contribution in [0.5, 0.6) is 0 Å². The number of nitrogens with one attached hydrogen (secondary N) is 1. The minimum atomic E-state index is -0.553. The van der Waals surface area contributed by atoms with Gasteiger partial charge in [-0.1, -0.05) is 40.7 Å². The van der Waals surface area contributed by atoms with Gasteiger partial charge in [0.15, 0.2) is 5.78 Å². The Balaban J connectivity index is 2.50. The summed E-state index contributed by atoms with van der Waals surface area (Å²) in [7, 11) is 0. The monoisotopic (exact) mass is 406 g/mol. The Morgan fingerprint density at radius 1 is 1.30 bits per heavy atom. The van der Waals surface area contributed by atoms with E-state index in [1.54, 1.807) is 6.08 Å². The van der Waals surface area contributed by atoms with Crippen molar-refractivity contribution in [1.82, 2.24) is 9.88 Å². The van der Waals surface area contributed by atoms with Gasteiger partial charge in [-0.3, -0.25) is 19.0 Å². The first-order valence-electron chi connectivity index (χ1n) is 8.85. The number of carbonyl (C=O) groups is 2. The smallest absolute Gasteiger partial charge is 0.269 e. The summed E-state index contributed by atoms with van der Waals surface area (Å²) in [5, 5.41) is 4.76. The number of thiophene rings is 1. The summed E-state index contributed by atoms with van der Waals surface area (Å²) in [4.78, 5) is 38.5. The van der Waals surface area contributed by atoms with Crippen molar-refractivity contribution in [2.45, 2.75) is 41.2 Å². The van der Waals surface area contributed by atoms with Gasteiger partial charge in [0.1, 0.15) is 11.2 Å². The summed E-state index contributed by atoms with van der Waals surface area (Å²) >= 11 is 2.77. The molecule has 5 nitrogen and oxygen atoms in total. The molecule has 2 aromatic heterocycles. The number of amides is 1. The van der Waals surface area contributed by atoms with Gasteiger partial charge in [-0.15, -0.1) is 22.7 Å². The fraction of sp³-hybridized carbons (Fsp3) is 0.450. The van der Waals surface area contributed by atoms with Gasteiger partial charge in [0, 0.05) is 22.9 Å². The molecule has 0 fully saturated rings. The lowest BCUT2D eigenvalue weighted by Crippen LogP contribution is -2.39. The Morgan fingerprint density at radius 3 is 2.56 bits per heavy atom. The van der Waals surface area contributed by atoms with Crippen LogP contribution in [-0.4, -0.2) is 22.8 Å². The number of aromatic nitrogens is 1. The molecule has 146 valence electrons. The average Bonchev–Trinajstić information content (AvgIpc) is 3.16. The third-order valence-corrected chi connectivity index (χ3v) is 5.64. The van der Waals surface area contributed by atoms with Crippen LogP contribution >= 0.6 is 22.7 Å². The Hall–Kier alpha value is -1.99. The summed E-state index contributed by atoms with van der Waals surface area (Å²) in [6.07, 6.45) is 3.28. The molecule has 0 aliphatic heterocycles. The van der Waals surface area contributed by atoms with E-state index in [4.69, 9.17) is 0 Å². The lowest BCUT2D eigenvalue weighted by Gasteiger charge is -2.13. The fourth-order valence-corrected chi connectivity index (χ4v) is 3.91. The Morgan fingerprint density at radius 2 is 2.00 bits per heavy atom. The maximum atomic E-state index is 12.9. The van der Waals surface area contributed by atoms with Gasteiger partial charge < -0.3 is 5.32 Å². The number of hydrogen-bond acceptors (Lipinski definition) is 5. The quantitative estimate of drug-likeness (QED) is 0.797. The molecule has 0 saturated heterocycles. The van der Waals surface area contributed by atoms with E-state index in [9.17, 15) is 14.4 Å². The zero-order valence-corrected chi connectivity index (χ0v) is 18.0. The van der Waals surface area contributed by atoms with Crippen molar-refractivity contribution in [1.29, 1.82) is 0 Å². The standard InChI is InChI=1S/C20H26N2O3S2/c1-13(2)11-21-17(24)12-22-18(10-16(23)20(3,4)5)27-15(19(22)25)9-14-7-6-8-26-14/h6-10,13H,11-12H2,1-5H3,(H,21,24)/b15-9+,18-10-. The van der Waals surface area contributed by atoms with E-state index in [-0.39, 0.29) is 23.8 Å². The van der Waals surface area contributed by atoms with Crippen molar-refractivity contribution in [3.8, 4) is 0 Å². The van der Waals surface area contributed by atoms with Crippen LogP contribution < -0.4 is 20.1 Å². The molecule has 0 unspecified atom stereocenters. The number of Topliss-reactive ketones (excluding diaryl/α,β-unsaturated/α-hetero) is 1. The third-order valence-electron chi connectivity index (χ3n) is 3.76. The molecule has 0 aliphatic rings. The third kappa shape index (κ3) is 6.01. The van der Waals surface area contributed by atoms with Crippen LogP contribution in [0, 0.1) is 11.3 Å². The molecule has 2 aromatic rings. The second-order valence-corrected chi connectivity index (χ2v) is 9.85. The summed E-state index contributed by atoms with van der Waals surface area (Å²) in [6, 6.07) is 3.84. The first-order chi connectivity index (χ1) is 12.6. The van der Waals surface area contributed by atoms with E-state index in [2.05, 4.69) is 5.32 Å². The molecule has 0 aromatic carbocycles. The molecule has 0 aliphatic carbocycles. The number of carbonyl (C=O) groups excluding carboxylic acids is 2. The van der Waals surface area contributed by atoms with Gasteiger partial charge in [0.25, 0.3) is 5.56 Å². The highest BCUT2D eigenvalue weighted by atomic mass is 32.1. The Kier molecular flexibility index (Phi) is 6.95. The molecule has 0 saturated carbocycles. The van der Waals surface area contributed by atoms with E-state index in [1.807, 2.05) is 52.1 Å². The highest BCUT2D eigenvalue weighted by molar-refractivity contribution is 7.11. The van der Waals surface area contributed by atoms with Crippen LogP contribution in [-0.2, 0) is 16.1 Å². The van der Waals surface area contributed by atoms with Crippen LogP contribution in [0.1, 0.15) is 39.5 Å². The zero-order chi connectivity index (χ0) is 20.2. The summed E-state index contributed by atoms with van der Waals surface area (Å²) < 4.78 is 2.41. The molecule has 27 heavy (non-hydrogen) atoms. The molecular weight excluding hydrogens is 380 g/mol. The first-order valence-corrected chi connectivity index (χ1v) is 10.6. The van der Waals surface area contributed by atoms with Gasteiger partial charge in [-0.25, -0.2) is 0 Å². The fourth-order valence-electron chi connectivity index (χ4n) is 2.14. The summed E-state index contributed by atoms with van der Waals surface area (Å²) in [5.41, 5.74) is -0.802. The Bertz CT molecular complexity index is 974. The highest BCUT2D eigenvalue weighted by Crippen LogP contribution is 2.15. The molecule has 2 rings (SSSR count). The van der Waals surface area contributed by atoms with E-state index in [1.165, 1.54) is 33.3 Å². The molecule has 0 atom stereocenters. The minimum absolute atomic E-state index is 0.0808. The largest absolute Gasteiger partial charge is 0.354 e.